The molecule has 2 aromatic rings. The maximum absolute atomic E-state index is 6.08. The van der Waals surface area contributed by atoms with E-state index in [2.05, 4.69) is 27.0 Å². The number of nitrogens with zero attached hydrogens (tertiary/aromatic N) is 2. The first-order chi connectivity index (χ1) is 8.75. The Morgan fingerprint density at radius 1 is 1.39 bits per heavy atom. The molecule has 0 unspecified atom stereocenters. The normalized spacial score (nSPS) is 10.8. The summed E-state index contributed by atoms with van der Waals surface area (Å²) >= 11 is 6.08. The molecule has 96 valence electrons. The van der Waals surface area contributed by atoms with Crippen LogP contribution in [0.1, 0.15) is 17.5 Å². The van der Waals surface area contributed by atoms with Gasteiger partial charge in [0.2, 0.25) is 0 Å². The van der Waals surface area contributed by atoms with Gasteiger partial charge in [-0.05, 0) is 37.1 Å². The van der Waals surface area contributed by atoms with E-state index in [9.17, 15) is 0 Å². The van der Waals surface area contributed by atoms with E-state index in [0.29, 0.717) is 0 Å². The van der Waals surface area contributed by atoms with Gasteiger partial charge in [0.1, 0.15) is 0 Å². The lowest BCUT2D eigenvalue weighted by atomic mass is 10.1. The Labute approximate surface area is 113 Å². The lowest BCUT2D eigenvalue weighted by Crippen LogP contribution is -2.16. The Hall–Kier alpha value is -1.32. The highest BCUT2D eigenvalue weighted by atomic mass is 35.5. The molecule has 0 bridgehead atoms. The van der Waals surface area contributed by atoms with Crippen molar-refractivity contribution < 1.29 is 0 Å². The summed E-state index contributed by atoms with van der Waals surface area (Å²) in [5, 5.41) is 4.26. The van der Waals surface area contributed by atoms with E-state index >= 15 is 0 Å². The predicted octanol–water partition coefficient (Wildman–Crippen LogP) is 3.02. The molecule has 1 heterocycles. The molecule has 1 aromatic carbocycles. The quantitative estimate of drug-likeness (QED) is 0.812. The predicted molar refractivity (Wildman–Crippen MR) is 74.7 cm³/mol. The third-order valence-electron chi connectivity index (χ3n) is 2.89. The second kappa shape index (κ2) is 6.57. The number of hydrogen-bond acceptors (Lipinski definition) is 2. The van der Waals surface area contributed by atoms with Crippen molar-refractivity contribution in [1.29, 1.82) is 0 Å². The van der Waals surface area contributed by atoms with E-state index in [1.54, 1.807) is 0 Å². The molecule has 0 spiro atoms. The van der Waals surface area contributed by atoms with Crippen LogP contribution in [-0.2, 0) is 13.1 Å². The molecule has 18 heavy (non-hydrogen) atoms. The van der Waals surface area contributed by atoms with Gasteiger partial charge in [-0.3, -0.25) is 0 Å². The lowest BCUT2D eigenvalue weighted by molar-refractivity contribution is 0.581. The molecule has 3 nitrogen and oxygen atoms in total. The van der Waals surface area contributed by atoms with Crippen molar-refractivity contribution >= 4 is 11.6 Å². The van der Waals surface area contributed by atoms with Crippen molar-refractivity contribution in [3.8, 4) is 0 Å². The molecule has 1 N–H and O–H groups in total. The lowest BCUT2D eigenvalue weighted by Gasteiger charge is -2.07. The van der Waals surface area contributed by atoms with Gasteiger partial charge in [-0.2, -0.15) is 0 Å². The number of nitrogens with one attached hydrogen (secondary N) is 1. The van der Waals surface area contributed by atoms with Gasteiger partial charge in [0, 0.05) is 30.5 Å². The van der Waals surface area contributed by atoms with E-state index in [1.807, 2.05) is 31.7 Å². The van der Waals surface area contributed by atoms with Crippen molar-refractivity contribution in [3.63, 3.8) is 0 Å². The molecule has 2 rings (SSSR count). The zero-order valence-corrected chi connectivity index (χ0v) is 11.3. The van der Waals surface area contributed by atoms with Crippen molar-refractivity contribution in [1.82, 2.24) is 14.9 Å². The van der Waals surface area contributed by atoms with Crippen LogP contribution in [0.3, 0.4) is 0 Å². The first kappa shape index (κ1) is 13.1. The molecule has 0 saturated carbocycles. The van der Waals surface area contributed by atoms with Crippen LogP contribution in [0.25, 0.3) is 0 Å². The SMILES string of the molecule is Cc1ccc(CNCCCn2ccnc2)cc1Cl. The Bertz CT molecular complexity index is 480. The van der Waals surface area contributed by atoms with Gasteiger partial charge in [0.15, 0.2) is 0 Å². The van der Waals surface area contributed by atoms with Crippen molar-refractivity contribution in [2.45, 2.75) is 26.4 Å². The Kier molecular flexibility index (Phi) is 4.79. The monoisotopic (exact) mass is 263 g/mol. The van der Waals surface area contributed by atoms with E-state index in [4.69, 9.17) is 11.6 Å². The van der Waals surface area contributed by atoms with Crippen LogP contribution in [-0.4, -0.2) is 16.1 Å². The minimum atomic E-state index is 0.840. The fourth-order valence-corrected chi connectivity index (χ4v) is 1.99. The van der Waals surface area contributed by atoms with Crippen LogP contribution in [0.4, 0.5) is 0 Å². The zero-order chi connectivity index (χ0) is 12.8. The van der Waals surface area contributed by atoms with Gasteiger partial charge >= 0.3 is 0 Å². The molecular formula is C14H18ClN3. The summed E-state index contributed by atoms with van der Waals surface area (Å²) in [4.78, 5) is 4.01. The van der Waals surface area contributed by atoms with Gasteiger partial charge in [0.05, 0.1) is 6.33 Å². The molecule has 0 atom stereocenters. The van der Waals surface area contributed by atoms with E-state index in [-0.39, 0.29) is 0 Å². The zero-order valence-electron chi connectivity index (χ0n) is 10.6. The average Bonchev–Trinajstić information content (AvgIpc) is 2.86. The molecule has 0 aliphatic rings. The first-order valence-corrected chi connectivity index (χ1v) is 6.55. The third kappa shape index (κ3) is 3.86. The van der Waals surface area contributed by atoms with Crippen LogP contribution in [0.2, 0.25) is 5.02 Å². The molecule has 4 heteroatoms. The van der Waals surface area contributed by atoms with Crippen molar-refractivity contribution in [2.75, 3.05) is 6.54 Å². The van der Waals surface area contributed by atoms with Crippen LogP contribution in [0, 0.1) is 6.92 Å². The first-order valence-electron chi connectivity index (χ1n) is 6.17. The highest BCUT2D eigenvalue weighted by Crippen LogP contribution is 2.16. The summed E-state index contributed by atoms with van der Waals surface area (Å²) in [6, 6.07) is 6.20. The van der Waals surface area contributed by atoms with E-state index in [1.165, 1.54) is 5.56 Å². The molecule has 0 aliphatic heterocycles. The van der Waals surface area contributed by atoms with Gasteiger partial charge < -0.3 is 9.88 Å². The van der Waals surface area contributed by atoms with Gasteiger partial charge in [-0.1, -0.05) is 23.7 Å². The van der Waals surface area contributed by atoms with Crippen LogP contribution < -0.4 is 5.32 Å². The number of imidazole rings is 1. The topological polar surface area (TPSA) is 29.9 Å². The highest BCUT2D eigenvalue weighted by molar-refractivity contribution is 6.31. The molecule has 1 aromatic heterocycles. The Morgan fingerprint density at radius 3 is 3.00 bits per heavy atom. The van der Waals surface area contributed by atoms with E-state index < -0.39 is 0 Å². The van der Waals surface area contributed by atoms with Crippen molar-refractivity contribution in [2.24, 2.45) is 0 Å². The van der Waals surface area contributed by atoms with Gasteiger partial charge in [-0.15, -0.1) is 0 Å². The number of halogens is 1. The maximum Gasteiger partial charge on any atom is 0.0945 e. The molecular weight excluding hydrogens is 246 g/mol. The van der Waals surface area contributed by atoms with Gasteiger partial charge in [-0.25, -0.2) is 4.98 Å². The molecule has 0 fully saturated rings. The van der Waals surface area contributed by atoms with E-state index in [0.717, 1.165) is 36.6 Å². The third-order valence-corrected chi connectivity index (χ3v) is 3.30. The number of benzene rings is 1. The average molecular weight is 264 g/mol. The number of aryl methyl sites for hydroxylation is 2. The summed E-state index contributed by atoms with van der Waals surface area (Å²) < 4.78 is 2.09. The molecule has 0 aliphatic carbocycles. The number of aromatic nitrogens is 2. The summed E-state index contributed by atoms with van der Waals surface area (Å²) in [6.45, 7) is 4.87. The van der Waals surface area contributed by atoms with Crippen LogP contribution in [0.5, 0.6) is 0 Å². The summed E-state index contributed by atoms with van der Waals surface area (Å²) in [6.07, 6.45) is 6.73. The van der Waals surface area contributed by atoms with Crippen LogP contribution >= 0.6 is 11.6 Å². The van der Waals surface area contributed by atoms with Crippen molar-refractivity contribution in [3.05, 3.63) is 53.1 Å². The summed E-state index contributed by atoms with van der Waals surface area (Å²) in [5.41, 5.74) is 2.36. The standard InChI is InChI=1S/C14H18ClN3/c1-12-3-4-13(9-14(12)15)10-16-5-2-7-18-8-6-17-11-18/h3-4,6,8-9,11,16H,2,5,7,10H2,1H3. The number of rotatable bonds is 6. The molecule has 0 radical (unpaired) electrons. The summed E-state index contributed by atoms with van der Waals surface area (Å²) in [5.74, 6) is 0. The fourth-order valence-electron chi connectivity index (χ4n) is 1.78. The molecule has 0 saturated heterocycles. The fraction of sp³-hybridized carbons (Fsp3) is 0.357. The number of hydrogen-bond donors (Lipinski definition) is 1. The Balaban J connectivity index is 1.67. The van der Waals surface area contributed by atoms with Crippen LogP contribution in [0.15, 0.2) is 36.9 Å². The second-order valence-corrected chi connectivity index (χ2v) is 4.82. The smallest absolute Gasteiger partial charge is 0.0945 e. The Morgan fingerprint density at radius 2 is 2.28 bits per heavy atom. The minimum Gasteiger partial charge on any atom is -0.337 e. The largest absolute Gasteiger partial charge is 0.337 e. The summed E-state index contributed by atoms with van der Waals surface area (Å²) in [7, 11) is 0. The van der Waals surface area contributed by atoms with Gasteiger partial charge in [0.25, 0.3) is 0 Å². The minimum absolute atomic E-state index is 0.840. The molecule has 0 amide bonds. The highest BCUT2D eigenvalue weighted by Gasteiger charge is 1.97. The second-order valence-electron chi connectivity index (χ2n) is 4.41. The maximum atomic E-state index is 6.08.